The summed E-state index contributed by atoms with van der Waals surface area (Å²) < 4.78 is 33.5. The van der Waals surface area contributed by atoms with Crippen molar-refractivity contribution in [3.63, 3.8) is 0 Å². The lowest BCUT2D eigenvalue weighted by atomic mass is 10.0. The molecule has 0 spiro atoms. The minimum Gasteiger partial charge on any atom is -0.491 e. The van der Waals surface area contributed by atoms with Crippen LogP contribution < -0.4 is 10.1 Å². The molecule has 0 unspecified atom stereocenters. The maximum atomic E-state index is 14.6. The molecule has 4 nitrogen and oxygen atoms in total. The number of benzene rings is 2. The second-order valence-corrected chi connectivity index (χ2v) is 8.03. The van der Waals surface area contributed by atoms with Crippen molar-refractivity contribution in [1.82, 2.24) is 10.2 Å². The smallest absolute Gasteiger partial charge is 0.223 e. The van der Waals surface area contributed by atoms with Gasteiger partial charge in [0.15, 0.2) is 0 Å². The lowest BCUT2D eigenvalue weighted by Crippen LogP contribution is -2.52. The molecule has 2 atom stereocenters. The van der Waals surface area contributed by atoms with E-state index >= 15 is 0 Å². The van der Waals surface area contributed by atoms with Crippen LogP contribution in [0.4, 0.5) is 8.78 Å². The van der Waals surface area contributed by atoms with E-state index in [1.165, 1.54) is 12.1 Å². The number of hydrogen-bond donors (Lipinski definition) is 1. The van der Waals surface area contributed by atoms with Gasteiger partial charge in [-0.1, -0.05) is 24.3 Å². The number of nitrogens with zero attached hydrogens (tertiary/aromatic N) is 1. The number of alkyl halides is 1. The second kappa shape index (κ2) is 10.5. The van der Waals surface area contributed by atoms with Crippen molar-refractivity contribution in [2.45, 2.75) is 58.0 Å². The standard InChI is InChI=1S/C24H30F2N2O2/c1-17(2)30-21-10-5-18(6-11-21)7-12-24(29)28(23-13-14-27-15-22(23)26)16-19-3-8-20(25)9-4-19/h3-6,8-11,17,22-23,27H,7,12-16H2,1-2H3/t22-,23+/m0/s1. The van der Waals surface area contributed by atoms with Gasteiger partial charge in [0.05, 0.1) is 12.1 Å². The summed E-state index contributed by atoms with van der Waals surface area (Å²) in [5.74, 6) is 0.385. The summed E-state index contributed by atoms with van der Waals surface area (Å²) in [6.07, 6.45) is 0.423. The van der Waals surface area contributed by atoms with Crippen LogP contribution in [0.25, 0.3) is 0 Å². The number of carbonyl (C=O) groups is 1. The summed E-state index contributed by atoms with van der Waals surface area (Å²) in [6.45, 7) is 5.15. The average molecular weight is 417 g/mol. The van der Waals surface area contributed by atoms with Crippen LogP contribution in [0, 0.1) is 5.82 Å². The van der Waals surface area contributed by atoms with Crippen LogP contribution in [0.1, 0.15) is 37.8 Å². The number of carbonyl (C=O) groups excluding carboxylic acids is 1. The van der Waals surface area contributed by atoms with E-state index in [4.69, 9.17) is 4.74 Å². The topological polar surface area (TPSA) is 41.6 Å². The largest absolute Gasteiger partial charge is 0.491 e. The summed E-state index contributed by atoms with van der Waals surface area (Å²) in [4.78, 5) is 14.7. The van der Waals surface area contributed by atoms with Crippen LogP contribution in [-0.2, 0) is 17.8 Å². The Labute approximate surface area is 177 Å². The van der Waals surface area contributed by atoms with Crippen molar-refractivity contribution < 1.29 is 18.3 Å². The van der Waals surface area contributed by atoms with Gasteiger partial charge < -0.3 is 15.0 Å². The minimum absolute atomic E-state index is 0.0867. The maximum absolute atomic E-state index is 14.6. The maximum Gasteiger partial charge on any atom is 0.223 e. The van der Waals surface area contributed by atoms with Crippen molar-refractivity contribution in [2.75, 3.05) is 13.1 Å². The summed E-state index contributed by atoms with van der Waals surface area (Å²) in [5, 5.41) is 3.03. The molecule has 0 saturated carbocycles. The van der Waals surface area contributed by atoms with Crippen LogP contribution in [0.5, 0.6) is 5.75 Å². The second-order valence-electron chi connectivity index (χ2n) is 8.03. The van der Waals surface area contributed by atoms with Gasteiger partial charge in [0.1, 0.15) is 17.7 Å². The Morgan fingerprint density at radius 3 is 2.43 bits per heavy atom. The van der Waals surface area contributed by atoms with Gasteiger partial charge in [-0.25, -0.2) is 8.78 Å². The van der Waals surface area contributed by atoms with Crippen molar-refractivity contribution >= 4 is 5.91 Å². The highest BCUT2D eigenvalue weighted by Gasteiger charge is 2.32. The SMILES string of the molecule is CC(C)Oc1ccc(CCC(=O)N(Cc2ccc(F)cc2)[C@@H]2CCNC[C@@H]2F)cc1. The van der Waals surface area contributed by atoms with Gasteiger partial charge in [-0.2, -0.15) is 0 Å². The fourth-order valence-electron chi connectivity index (χ4n) is 3.74. The molecular formula is C24H30F2N2O2. The molecule has 1 N–H and O–H groups in total. The first-order valence-electron chi connectivity index (χ1n) is 10.6. The summed E-state index contributed by atoms with van der Waals surface area (Å²) in [6, 6.07) is 13.3. The molecule has 162 valence electrons. The highest BCUT2D eigenvalue weighted by atomic mass is 19.1. The number of ether oxygens (including phenoxy) is 1. The molecule has 2 aromatic carbocycles. The monoisotopic (exact) mass is 416 g/mol. The highest BCUT2D eigenvalue weighted by Crippen LogP contribution is 2.21. The van der Waals surface area contributed by atoms with Crippen LogP contribution >= 0.6 is 0 Å². The molecule has 0 bridgehead atoms. The van der Waals surface area contributed by atoms with E-state index in [1.807, 2.05) is 38.1 Å². The Morgan fingerprint density at radius 2 is 1.80 bits per heavy atom. The first-order valence-corrected chi connectivity index (χ1v) is 10.6. The van der Waals surface area contributed by atoms with Gasteiger partial charge >= 0.3 is 0 Å². The molecule has 3 rings (SSSR count). The van der Waals surface area contributed by atoms with Crippen LogP contribution in [0.3, 0.4) is 0 Å². The van der Waals surface area contributed by atoms with E-state index in [2.05, 4.69) is 5.32 Å². The third kappa shape index (κ3) is 6.26. The summed E-state index contributed by atoms with van der Waals surface area (Å²) >= 11 is 0. The van der Waals surface area contributed by atoms with Crippen molar-refractivity contribution in [2.24, 2.45) is 0 Å². The Balaban J connectivity index is 1.67. The molecule has 0 aromatic heterocycles. The predicted molar refractivity (Wildman–Crippen MR) is 114 cm³/mol. The Bertz CT molecular complexity index is 809. The first-order chi connectivity index (χ1) is 14.4. The number of amides is 1. The highest BCUT2D eigenvalue weighted by molar-refractivity contribution is 5.77. The lowest BCUT2D eigenvalue weighted by Gasteiger charge is -2.37. The zero-order valence-corrected chi connectivity index (χ0v) is 17.6. The molecule has 1 amide bonds. The van der Waals surface area contributed by atoms with Crippen LogP contribution in [-0.4, -0.2) is 42.2 Å². The fraction of sp³-hybridized carbons (Fsp3) is 0.458. The van der Waals surface area contributed by atoms with E-state index in [0.29, 0.717) is 25.8 Å². The van der Waals surface area contributed by atoms with Crippen molar-refractivity contribution in [1.29, 1.82) is 0 Å². The Kier molecular flexibility index (Phi) is 7.80. The molecule has 1 aliphatic rings. The zero-order chi connectivity index (χ0) is 21.5. The quantitative estimate of drug-likeness (QED) is 0.699. The zero-order valence-electron chi connectivity index (χ0n) is 17.6. The molecule has 30 heavy (non-hydrogen) atoms. The van der Waals surface area contributed by atoms with E-state index in [0.717, 1.165) is 16.9 Å². The number of rotatable bonds is 8. The first kappa shape index (κ1) is 22.2. The molecular weight excluding hydrogens is 386 g/mol. The third-order valence-electron chi connectivity index (χ3n) is 5.28. The van der Waals surface area contributed by atoms with Gasteiger partial charge in [0.25, 0.3) is 0 Å². The molecule has 1 saturated heterocycles. The van der Waals surface area contributed by atoms with Gasteiger partial charge in [-0.15, -0.1) is 0 Å². The number of hydrogen-bond acceptors (Lipinski definition) is 3. The third-order valence-corrected chi connectivity index (χ3v) is 5.28. The number of nitrogens with one attached hydrogen (secondary N) is 1. The fourth-order valence-corrected chi connectivity index (χ4v) is 3.74. The van der Waals surface area contributed by atoms with E-state index < -0.39 is 12.2 Å². The van der Waals surface area contributed by atoms with Crippen molar-refractivity contribution in [3.8, 4) is 5.75 Å². The molecule has 0 radical (unpaired) electrons. The molecule has 6 heteroatoms. The molecule has 1 heterocycles. The van der Waals surface area contributed by atoms with Gasteiger partial charge in [0.2, 0.25) is 5.91 Å². The number of piperidine rings is 1. The molecule has 1 fully saturated rings. The lowest BCUT2D eigenvalue weighted by molar-refractivity contribution is -0.136. The van der Waals surface area contributed by atoms with Crippen LogP contribution in [0.15, 0.2) is 48.5 Å². The van der Waals surface area contributed by atoms with Gasteiger partial charge in [0, 0.05) is 19.5 Å². The number of halogens is 2. The van der Waals surface area contributed by atoms with E-state index in [-0.39, 0.29) is 30.9 Å². The number of aryl methyl sites for hydroxylation is 1. The minimum atomic E-state index is -1.12. The molecule has 0 aliphatic carbocycles. The van der Waals surface area contributed by atoms with Crippen molar-refractivity contribution in [3.05, 3.63) is 65.5 Å². The summed E-state index contributed by atoms with van der Waals surface area (Å²) in [5.41, 5.74) is 1.83. The molecule has 2 aromatic rings. The van der Waals surface area contributed by atoms with E-state index in [1.54, 1.807) is 17.0 Å². The predicted octanol–water partition coefficient (Wildman–Crippen LogP) is 4.27. The normalized spacial score (nSPS) is 19.0. The van der Waals surface area contributed by atoms with Crippen LogP contribution in [0.2, 0.25) is 0 Å². The van der Waals surface area contributed by atoms with E-state index in [9.17, 15) is 13.6 Å². The Hall–Kier alpha value is -2.47. The Morgan fingerprint density at radius 1 is 1.13 bits per heavy atom. The van der Waals surface area contributed by atoms with Gasteiger partial charge in [-0.05, 0) is 68.6 Å². The molecule has 1 aliphatic heterocycles. The average Bonchev–Trinajstić information content (AvgIpc) is 2.73. The van der Waals surface area contributed by atoms with Gasteiger partial charge in [-0.3, -0.25) is 4.79 Å². The summed E-state index contributed by atoms with van der Waals surface area (Å²) in [7, 11) is 0.